The minimum Gasteiger partial charge on any atom is -0.462 e. The Morgan fingerprint density at radius 2 is 1.93 bits per heavy atom. The lowest BCUT2D eigenvalue weighted by molar-refractivity contribution is 0.0527. The number of anilines is 1. The molecule has 4 aromatic rings. The van der Waals surface area contributed by atoms with Crippen molar-refractivity contribution in [2.75, 3.05) is 11.9 Å². The monoisotopic (exact) mass is 387 g/mol. The maximum atomic E-state index is 12.7. The molecule has 3 heterocycles. The standard InChI is InChI=1S/C21H17N5O3/c1-2-29-21(28)16-13-23-26(18-10-9-14-6-3-4-8-17(14)24-18)19(16)25-20(27)15-7-5-11-22-12-15/h3-13H,2H2,1H3,(H,25,27). The number of benzene rings is 1. The summed E-state index contributed by atoms with van der Waals surface area (Å²) in [7, 11) is 0. The van der Waals surface area contributed by atoms with Gasteiger partial charge in [0.1, 0.15) is 5.56 Å². The number of hydrogen-bond donors (Lipinski definition) is 1. The van der Waals surface area contributed by atoms with Crippen molar-refractivity contribution in [3.8, 4) is 5.82 Å². The molecule has 0 spiro atoms. The molecule has 0 aliphatic rings. The van der Waals surface area contributed by atoms with Crippen molar-refractivity contribution in [3.63, 3.8) is 0 Å². The molecule has 0 fully saturated rings. The van der Waals surface area contributed by atoms with Crippen LogP contribution in [0.25, 0.3) is 16.7 Å². The summed E-state index contributed by atoms with van der Waals surface area (Å²) in [5.74, 6) is -0.368. The summed E-state index contributed by atoms with van der Waals surface area (Å²) in [6, 6.07) is 14.6. The second-order valence-corrected chi connectivity index (χ2v) is 6.10. The van der Waals surface area contributed by atoms with E-state index >= 15 is 0 Å². The molecule has 3 aromatic heterocycles. The highest BCUT2D eigenvalue weighted by molar-refractivity contribution is 6.07. The van der Waals surface area contributed by atoms with E-state index < -0.39 is 11.9 Å². The Hall–Kier alpha value is -4.07. The number of hydrogen-bond acceptors (Lipinski definition) is 6. The highest BCUT2D eigenvalue weighted by Gasteiger charge is 2.22. The first-order chi connectivity index (χ1) is 14.2. The molecule has 0 bridgehead atoms. The number of rotatable bonds is 5. The molecular weight excluding hydrogens is 370 g/mol. The number of amides is 1. The summed E-state index contributed by atoms with van der Waals surface area (Å²) < 4.78 is 6.51. The molecule has 8 heteroatoms. The van der Waals surface area contributed by atoms with Crippen molar-refractivity contribution >= 4 is 28.6 Å². The van der Waals surface area contributed by atoms with Crippen LogP contribution >= 0.6 is 0 Å². The number of ether oxygens (including phenoxy) is 1. The van der Waals surface area contributed by atoms with Crippen LogP contribution in [0.4, 0.5) is 5.82 Å². The van der Waals surface area contributed by atoms with E-state index in [1.54, 1.807) is 31.3 Å². The average molecular weight is 387 g/mol. The molecule has 8 nitrogen and oxygen atoms in total. The van der Waals surface area contributed by atoms with Gasteiger partial charge in [0.25, 0.3) is 5.91 Å². The Kier molecular flexibility index (Phi) is 4.98. The zero-order valence-corrected chi connectivity index (χ0v) is 15.6. The molecule has 0 radical (unpaired) electrons. The number of carbonyl (C=O) groups is 2. The molecule has 1 aromatic carbocycles. The summed E-state index contributed by atoms with van der Waals surface area (Å²) in [6.07, 6.45) is 4.37. The van der Waals surface area contributed by atoms with Crippen molar-refractivity contribution in [2.24, 2.45) is 0 Å². The third-order valence-corrected chi connectivity index (χ3v) is 4.22. The van der Waals surface area contributed by atoms with Gasteiger partial charge in [0.2, 0.25) is 0 Å². The van der Waals surface area contributed by atoms with Crippen molar-refractivity contribution in [2.45, 2.75) is 6.92 Å². The van der Waals surface area contributed by atoms with E-state index in [1.807, 2.05) is 30.3 Å². The van der Waals surface area contributed by atoms with E-state index in [0.717, 1.165) is 10.9 Å². The summed E-state index contributed by atoms with van der Waals surface area (Å²) in [4.78, 5) is 33.6. The number of esters is 1. The zero-order valence-electron chi connectivity index (χ0n) is 15.6. The second kappa shape index (κ2) is 7.89. The maximum Gasteiger partial charge on any atom is 0.343 e. The van der Waals surface area contributed by atoms with Crippen LogP contribution < -0.4 is 5.32 Å². The average Bonchev–Trinajstić information content (AvgIpc) is 3.17. The molecule has 0 unspecified atom stereocenters. The lowest BCUT2D eigenvalue weighted by atomic mass is 10.2. The number of nitrogens with one attached hydrogen (secondary N) is 1. The molecule has 0 saturated carbocycles. The Bertz CT molecular complexity index is 1190. The normalized spacial score (nSPS) is 10.7. The molecule has 0 aliphatic carbocycles. The topological polar surface area (TPSA) is 99.0 Å². The number of para-hydroxylation sites is 1. The van der Waals surface area contributed by atoms with E-state index in [2.05, 4.69) is 20.4 Å². The highest BCUT2D eigenvalue weighted by Crippen LogP contribution is 2.23. The fourth-order valence-corrected chi connectivity index (χ4v) is 2.85. The van der Waals surface area contributed by atoms with Crippen LogP contribution in [0.2, 0.25) is 0 Å². The quantitative estimate of drug-likeness (QED) is 0.528. The van der Waals surface area contributed by atoms with Crippen LogP contribution in [-0.2, 0) is 4.74 Å². The number of aromatic nitrogens is 4. The highest BCUT2D eigenvalue weighted by atomic mass is 16.5. The first-order valence-corrected chi connectivity index (χ1v) is 9.00. The molecule has 0 atom stereocenters. The van der Waals surface area contributed by atoms with E-state index in [1.165, 1.54) is 17.1 Å². The van der Waals surface area contributed by atoms with Crippen molar-refractivity contribution in [3.05, 3.63) is 78.2 Å². The number of nitrogens with zero attached hydrogens (tertiary/aromatic N) is 4. The number of fused-ring (bicyclic) bond motifs is 1. The van der Waals surface area contributed by atoms with Gasteiger partial charge < -0.3 is 10.1 Å². The first kappa shape index (κ1) is 18.3. The Balaban J connectivity index is 1.78. The molecule has 144 valence electrons. The summed E-state index contributed by atoms with van der Waals surface area (Å²) in [5.41, 5.74) is 1.25. The summed E-state index contributed by atoms with van der Waals surface area (Å²) in [6.45, 7) is 1.91. The maximum absolute atomic E-state index is 12.7. The second-order valence-electron chi connectivity index (χ2n) is 6.10. The third kappa shape index (κ3) is 3.68. The largest absolute Gasteiger partial charge is 0.462 e. The summed E-state index contributed by atoms with van der Waals surface area (Å²) >= 11 is 0. The minimum absolute atomic E-state index is 0.138. The molecule has 0 aliphatic heterocycles. The molecule has 29 heavy (non-hydrogen) atoms. The predicted molar refractivity (Wildman–Crippen MR) is 107 cm³/mol. The van der Waals surface area contributed by atoms with Crippen molar-refractivity contribution in [1.82, 2.24) is 19.7 Å². The van der Waals surface area contributed by atoms with E-state index in [-0.39, 0.29) is 18.0 Å². The van der Waals surface area contributed by atoms with Crippen molar-refractivity contribution in [1.29, 1.82) is 0 Å². The summed E-state index contributed by atoms with van der Waals surface area (Å²) in [5, 5.41) is 7.98. The Morgan fingerprint density at radius 3 is 2.72 bits per heavy atom. The SMILES string of the molecule is CCOC(=O)c1cnn(-c2ccc3ccccc3n2)c1NC(=O)c1cccnc1. The van der Waals surface area contributed by atoms with E-state index in [9.17, 15) is 9.59 Å². The molecule has 4 rings (SSSR count). The van der Waals surface area contributed by atoms with Gasteiger partial charge in [-0.1, -0.05) is 18.2 Å². The molecule has 1 N–H and O–H groups in total. The smallest absolute Gasteiger partial charge is 0.343 e. The van der Waals surface area contributed by atoms with Crippen LogP contribution in [0.5, 0.6) is 0 Å². The fraction of sp³-hybridized carbons (Fsp3) is 0.0952. The lowest BCUT2D eigenvalue weighted by Crippen LogP contribution is -2.18. The Morgan fingerprint density at radius 1 is 1.07 bits per heavy atom. The van der Waals surface area contributed by atoms with Crippen molar-refractivity contribution < 1.29 is 14.3 Å². The van der Waals surface area contributed by atoms with Gasteiger partial charge in [-0.3, -0.25) is 9.78 Å². The third-order valence-electron chi connectivity index (χ3n) is 4.22. The van der Waals surface area contributed by atoms with Gasteiger partial charge in [0.15, 0.2) is 11.6 Å². The number of carbonyl (C=O) groups excluding carboxylic acids is 2. The minimum atomic E-state index is -0.582. The molecule has 0 saturated heterocycles. The van der Waals surface area contributed by atoms with Crippen LogP contribution in [-0.4, -0.2) is 38.2 Å². The molecular formula is C21H17N5O3. The van der Waals surface area contributed by atoms with Crippen LogP contribution in [0, 0.1) is 0 Å². The van der Waals surface area contributed by atoms with Crippen LogP contribution in [0.1, 0.15) is 27.6 Å². The van der Waals surface area contributed by atoms with Gasteiger partial charge in [0, 0.05) is 17.8 Å². The van der Waals surface area contributed by atoms with Crippen LogP contribution in [0.15, 0.2) is 67.1 Å². The van der Waals surface area contributed by atoms with E-state index in [0.29, 0.717) is 11.4 Å². The van der Waals surface area contributed by atoms with Gasteiger partial charge in [-0.2, -0.15) is 9.78 Å². The van der Waals surface area contributed by atoms with Crippen LogP contribution in [0.3, 0.4) is 0 Å². The van der Waals surface area contributed by atoms with Gasteiger partial charge in [-0.25, -0.2) is 9.78 Å². The zero-order chi connectivity index (χ0) is 20.2. The number of pyridine rings is 2. The fourth-order valence-electron chi connectivity index (χ4n) is 2.85. The van der Waals surface area contributed by atoms with Gasteiger partial charge >= 0.3 is 5.97 Å². The first-order valence-electron chi connectivity index (χ1n) is 9.00. The predicted octanol–water partition coefficient (Wildman–Crippen LogP) is 3.24. The Labute approximate surface area is 166 Å². The lowest BCUT2D eigenvalue weighted by Gasteiger charge is -2.11. The van der Waals surface area contributed by atoms with E-state index in [4.69, 9.17) is 4.74 Å². The van der Waals surface area contributed by atoms with Gasteiger partial charge in [-0.15, -0.1) is 0 Å². The van der Waals surface area contributed by atoms with Gasteiger partial charge in [-0.05, 0) is 37.3 Å². The van der Waals surface area contributed by atoms with Gasteiger partial charge in [0.05, 0.1) is 23.9 Å². The molecule has 1 amide bonds.